The van der Waals surface area contributed by atoms with Crippen molar-refractivity contribution in [1.82, 2.24) is 10.6 Å². The maximum Gasteiger partial charge on any atom is 0.322 e. The number of amides is 2. The van der Waals surface area contributed by atoms with E-state index in [0.29, 0.717) is 10.2 Å². The summed E-state index contributed by atoms with van der Waals surface area (Å²) in [7, 11) is 0. The fourth-order valence-corrected chi connectivity index (χ4v) is 2.33. The van der Waals surface area contributed by atoms with E-state index < -0.39 is 24.3 Å². The molecule has 7 nitrogen and oxygen atoms in total. The van der Waals surface area contributed by atoms with Gasteiger partial charge in [0.2, 0.25) is 0 Å². The number of aliphatic carboxylic acids is 1. The molecule has 3 N–H and O–H groups in total. The van der Waals surface area contributed by atoms with E-state index in [1.54, 1.807) is 24.3 Å². The molecule has 0 bridgehead atoms. The van der Waals surface area contributed by atoms with Gasteiger partial charge in [-0.3, -0.25) is 14.4 Å². The Morgan fingerprint density at radius 1 is 1.08 bits per heavy atom. The lowest BCUT2D eigenvalue weighted by Gasteiger charge is -2.09. The first-order valence-electron chi connectivity index (χ1n) is 6.89. The van der Waals surface area contributed by atoms with Crippen molar-refractivity contribution in [3.63, 3.8) is 0 Å². The Hall–Kier alpha value is -2.39. The lowest BCUT2D eigenvalue weighted by Crippen LogP contribution is -2.37. The molecule has 0 radical (unpaired) electrons. The molecule has 0 aliphatic heterocycles. The van der Waals surface area contributed by atoms with Crippen molar-refractivity contribution in [2.24, 2.45) is 0 Å². The molecule has 0 spiro atoms. The van der Waals surface area contributed by atoms with Gasteiger partial charge in [-0.05, 0) is 51.8 Å². The van der Waals surface area contributed by atoms with Crippen LogP contribution < -0.4 is 10.6 Å². The zero-order valence-electron chi connectivity index (χ0n) is 12.6. The molecular weight excluding hydrogens is 460 g/mol. The van der Waals surface area contributed by atoms with Crippen LogP contribution in [-0.4, -0.2) is 29.4 Å². The number of furan rings is 1. The van der Waals surface area contributed by atoms with Crippen molar-refractivity contribution in [3.8, 4) is 0 Å². The van der Waals surface area contributed by atoms with Gasteiger partial charge >= 0.3 is 5.97 Å². The summed E-state index contributed by atoms with van der Waals surface area (Å²) in [5, 5.41) is 13.3. The molecule has 0 unspecified atom stereocenters. The highest BCUT2D eigenvalue weighted by molar-refractivity contribution is 9.10. The number of carbonyl (C=O) groups is 3. The van der Waals surface area contributed by atoms with Crippen LogP contribution in [0.1, 0.15) is 16.1 Å². The Bertz CT molecular complexity index is 827. The van der Waals surface area contributed by atoms with Crippen molar-refractivity contribution in [2.45, 2.75) is 0 Å². The molecule has 0 atom stereocenters. The van der Waals surface area contributed by atoms with E-state index in [0.717, 1.165) is 4.47 Å². The SMILES string of the molecule is O=C(O)CNC(=O)/C(=C\c1ccc(Br)cc1)NC(=O)c1ccc(Br)o1. The Balaban J connectivity index is 2.24. The lowest BCUT2D eigenvalue weighted by molar-refractivity contribution is -0.137. The molecule has 2 aromatic rings. The number of carboxylic acid groups (broad SMARTS) is 1. The zero-order chi connectivity index (χ0) is 18.4. The van der Waals surface area contributed by atoms with Crippen LogP contribution in [0.3, 0.4) is 0 Å². The Morgan fingerprint density at radius 2 is 1.76 bits per heavy atom. The molecule has 2 rings (SSSR count). The van der Waals surface area contributed by atoms with Crippen molar-refractivity contribution < 1.29 is 23.9 Å². The van der Waals surface area contributed by atoms with Gasteiger partial charge in [-0.25, -0.2) is 0 Å². The number of benzene rings is 1. The topological polar surface area (TPSA) is 109 Å². The van der Waals surface area contributed by atoms with Gasteiger partial charge in [0.05, 0.1) is 0 Å². The zero-order valence-corrected chi connectivity index (χ0v) is 15.8. The monoisotopic (exact) mass is 470 g/mol. The maximum atomic E-state index is 12.2. The summed E-state index contributed by atoms with van der Waals surface area (Å²) in [5.41, 5.74) is 0.533. The van der Waals surface area contributed by atoms with Crippen molar-refractivity contribution in [2.75, 3.05) is 6.54 Å². The highest BCUT2D eigenvalue weighted by atomic mass is 79.9. The molecule has 1 aromatic carbocycles. The molecule has 9 heteroatoms. The van der Waals surface area contributed by atoms with Crippen molar-refractivity contribution >= 4 is 55.7 Å². The molecule has 0 aliphatic carbocycles. The molecular formula is C16H12Br2N2O5. The van der Waals surface area contributed by atoms with Crippen LogP contribution in [0.4, 0.5) is 0 Å². The number of halogens is 2. The number of carboxylic acids is 1. The number of nitrogens with one attached hydrogen (secondary N) is 2. The third kappa shape index (κ3) is 5.87. The van der Waals surface area contributed by atoms with E-state index >= 15 is 0 Å². The first-order chi connectivity index (χ1) is 11.8. The van der Waals surface area contributed by atoms with Gasteiger partial charge in [-0.2, -0.15) is 0 Å². The second kappa shape index (κ2) is 8.63. The van der Waals surface area contributed by atoms with Crippen LogP contribution >= 0.6 is 31.9 Å². The summed E-state index contributed by atoms with van der Waals surface area (Å²) < 4.78 is 6.36. The number of hydrogen-bond donors (Lipinski definition) is 3. The fourth-order valence-electron chi connectivity index (χ4n) is 1.76. The van der Waals surface area contributed by atoms with E-state index in [1.807, 2.05) is 0 Å². The van der Waals surface area contributed by atoms with Crippen LogP contribution in [0, 0.1) is 0 Å². The van der Waals surface area contributed by atoms with E-state index in [1.165, 1.54) is 18.2 Å². The van der Waals surface area contributed by atoms with Gasteiger partial charge in [0, 0.05) is 4.47 Å². The Labute approximate surface area is 159 Å². The quantitative estimate of drug-likeness (QED) is 0.561. The average Bonchev–Trinajstić information content (AvgIpc) is 3.00. The first kappa shape index (κ1) is 18.9. The van der Waals surface area contributed by atoms with E-state index in [4.69, 9.17) is 9.52 Å². The molecule has 1 heterocycles. The number of rotatable bonds is 6. The van der Waals surface area contributed by atoms with Crippen molar-refractivity contribution in [1.29, 1.82) is 0 Å². The smallest absolute Gasteiger partial charge is 0.322 e. The number of carbonyl (C=O) groups excluding carboxylic acids is 2. The Kier molecular flexibility index (Phi) is 6.54. The van der Waals surface area contributed by atoms with Crippen LogP contribution in [-0.2, 0) is 9.59 Å². The maximum absolute atomic E-state index is 12.2. The largest absolute Gasteiger partial charge is 0.480 e. The normalized spacial score (nSPS) is 11.0. The molecule has 0 fully saturated rings. The Morgan fingerprint density at radius 3 is 2.32 bits per heavy atom. The van der Waals surface area contributed by atoms with Gasteiger partial charge in [0.1, 0.15) is 12.2 Å². The standard InChI is InChI=1S/C16H12Br2N2O5/c17-10-3-1-9(2-4-10)7-11(15(23)19-8-14(21)22)20-16(24)12-5-6-13(18)25-12/h1-7H,8H2,(H,19,23)(H,20,24)(H,21,22)/b11-7+. The fraction of sp³-hybridized carbons (Fsp3) is 0.0625. The van der Waals surface area contributed by atoms with Gasteiger partial charge in [0.15, 0.2) is 10.4 Å². The van der Waals surface area contributed by atoms with Gasteiger partial charge < -0.3 is 20.2 Å². The summed E-state index contributed by atoms with van der Waals surface area (Å²) in [6.07, 6.45) is 1.43. The molecule has 0 saturated carbocycles. The van der Waals surface area contributed by atoms with Crippen LogP contribution in [0.15, 0.2) is 55.7 Å². The molecule has 0 aliphatic rings. The molecule has 25 heavy (non-hydrogen) atoms. The minimum atomic E-state index is -1.20. The van der Waals surface area contributed by atoms with E-state index in [2.05, 4.69) is 42.5 Å². The molecule has 1 aromatic heterocycles. The predicted octanol–water partition coefficient (Wildman–Crippen LogP) is 2.78. The molecule has 130 valence electrons. The highest BCUT2D eigenvalue weighted by Crippen LogP contribution is 2.15. The summed E-state index contributed by atoms with van der Waals surface area (Å²) in [5.74, 6) is -2.57. The second-order valence-electron chi connectivity index (χ2n) is 4.74. The van der Waals surface area contributed by atoms with Crippen LogP contribution in [0.2, 0.25) is 0 Å². The van der Waals surface area contributed by atoms with Gasteiger partial charge in [-0.1, -0.05) is 28.1 Å². The minimum Gasteiger partial charge on any atom is -0.480 e. The first-order valence-corrected chi connectivity index (χ1v) is 8.47. The van der Waals surface area contributed by atoms with Crippen LogP contribution in [0.25, 0.3) is 6.08 Å². The summed E-state index contributed by atoms with van der Waals surface area (Å²) in [6.45, 7) is -0.571. The average molecular weight is 472 g/mol. The predicted molar refractivity (Wildman–Crippen MR) is 96.6 cm³/mol. The third-order valence-electron chi connectivity index (χ3n) is 2.87. The van der Waals surface area contributed by atoms with E-state index in [-0.39, 0.29) is 11.5 Å². The molecule has 0 saturated heterocycles. The van der Waals surface area contributed by atoms with Crippen molar-refractivity contribution in [3.05, 3.63) is 62.6 Å². The highest BCUT2D eigenvalue weighted by Gasteiger charge is 2.17. The number of hydrogen-bond acceptors (Lipinski definition) is 4. The third-order valence-corrected chi connectivity index (χ3v) is 3.83. The second-order valence-corrected chi connectivity index (χ2v) is 6.44. The summed E-state index contributed by atoms with van der Waals surface area (Å²) >= 11 is 6.39. The molecule has 2 amide bonds. The van der Waals surface area contributed by atoms with Gasteiger partial charge in [0.25, 0.3) is 11.8 Å². The minimum absolute atomic E-state index is 0.000356. The summed E-state index contributed by atoms with van der Waals surface area (Å²) in [6, 6.07) is 9.96. The lowest BCUT2D eigenvalue weighted by atomic mass is 10.2. The van der Waals surface area contributed by atoms with E-state index in [9.17, 15) is 14.4 Å². The summed E-state index contributed by atoms with van der Waals surface area (Å²) in [4.78, 5) is 35.0. The van der Waals surface area contributed by atoms with Crippen LogP contribution in [0.5, 0.6) is 0 Å². The van der Waals surface area contributed by atoms with Gasteiger partial charge in [-0.15, -0.1) is 0 Å².